The predicted octanol–water partition coefficient (Wildman–Crippen LogP) is 4.46. The van der Waals surface area contributed by atoms with Crippen molar-refractivity contribution < 1.29 is 14.7 Å². The fourth-order valence-corrected chi connectivity index (χ4v) is 3.82. The van der Waals surface area contributed by atoms with Crippen LogP contribution in [0, 0.1) is 0 Å². The molecule has 5 heteroatoms. The van der Waals surface area contributed by atoms with Gasteiger partial charge < -0.3 is 10.0 Å². The number of rotatable bonds is 5. The minimum atomic E-state index is -0.645. The Balaban J connectivity index is 1.87. The molecule has 5 nitrogen and oxygen atoms in total. The molecule has 2 heterocycles. The van der Waals surface area contributed by atoms with Crippen molar-refractivity contribution in [2.45, 2.75) is 25.8 Å². The van der Waals surface area contributed by atoms with Gasteiger partial charge in [0.2, 0.25) is 0 Å². The van der Waals surface area contributed by atoms with E-state index in [-0.39, 0.29) is 11.3 Å². The zero-order valence-electron chi connectivity index (χ0n) is 16.2. The second-order valence-corrected chi connectivity index (χ2v) is 7.19. The second kappa shape index (κ2) is 7.87. The zero-order valence-corrected chi connectivity index (χ0v) is 16.2. The van der Waals surface area contributed by atoms with Crippen LogP contribution in [0.4, 0.5) is 0 Å². The van der Waals surface area contributed by atoms with Crippen LogP contribution in [0.3, 0.4) is 0 Å². The quantitative estimate of drug-likeness (QED) is 0.399. The number of hydrogen-bond acceptors (Lipinski definition) is 4. The molecule has 1 fully saturated rings. The van der Waals surface area contributed by atoms with Crippen molar-refractivity contribution in [1.82, 2.24) is 9.88 Å². The smallest absolute Gasteiger partial charge is 0.295 e. The normalized spacial score (nSPS) is 18.5. The molecular formula is C24H22N2O3. The number of benzene rings is 2. The first kappa shape index (κ1) is 18.9. The molecule has 1 unspecified atom stereocenters. The first-order valence-electron chi connectivity index (χ1n) is 9.79. The van der Waals surface area contributed by atoms with E-state index < -0.39 is 17.7 Å². The molecule has 2 aromatic carbocycles. The number of fused-ring (bicyclic) bond motifs is 1. The summed E-state index contributed by atoms with van der Waals surface area (Å²) < 4.78 is 0. The molecule has 29 heavy (non-hydrogen) atoms. The van der Waals surface area contributed by atoms with Gasteiger partial charge in [-0.15, -0.1) is 0 Å². The van der Waals surface area contributed by atoms with Crippen molar-refractivity contribution in [2.75, 3.05) is 6.54 Å². The van der Waals surface area contributed by atoms with Crippen LogP contribution >= 0.6 is 0 Å². The van der Waals surface area contributed by atoms with E-state index in [1.54, 1.807) is 35.5 Å². The van der Waals surface area contributed by atoms with Crippen LogP contribution < -0.4 is 0 Å². The van der Waals surface area contributed by atoms with Gasteiger partial charge in [-0.3, -0.25) is 14.6 Å². The minimum Gasteiger partial charge on any atom is -0.507 e. The molecule has 1 N–H and O–H groups in total. The highest BCUT2D eigenvalue weighted by Gasteiger charge is 2.45. The molecule has 4 rings (SSSR count). The van der Waals surface area contributed by atoms with Gasteiger partial charge in [0, 0.05) is 24.5 Å². The summed E-state index contributed by atoms with van der Waals surface area (Å²) in [5.41, 5.74) is 1.42. The number of carbonyl (C=O) groups excluding carboxylic acids is 2. The molecule has 1 atom stereocenters. The Hall–Kier alpha value is -3.47. The molecule has 1 amide bonds. The number of likely N-dealkylation sites (tertiary alicyclic amines) is 1. The fourth-order valence-electron chi connectivity index (χ4n) is 3.82. The Bertz CT molecular complexity index is 1110. The lowest BCUT2D eigenvalue weighted by Crippen LogP contribution is -2.30. The molecule has 1 aliphatic rings. The van der Waals surface area contributed by atoms with Gasteiger partial charge in [-0.1, -0.05) is 49.7 Å². The first-order valence-corrected chi connectivity index (χ1v) is 9.79. The third-order valence-electron chi connectivity index (χ3n) is 5.34. The summed E-state index contributed by atoms with van der Waals surface area (Å²) in [6, 6.07) is 16.3. The lowest BCUT2D eigenvalue weighted by Gasteiger charge is -2.25. The Morgan fingerprint density at radius 3 is 2.48 bits per heavy atom. The minimum absolute atomic E-state index is 0.132. The highest BCUT2D eigenvalue weighted by molar-refractivity contribution is 6.46. The number of aliphatic hydroxyl groups excluding tert-OH is 1. The fraction of sp³-hybridized carbons (Fsp3) is 0.208. The van der Waals surface area contributed by atoms with Gasteiger partial charge in [0.15, 0.2) is 0 Å². The van der Waals surface area contributed by atoms with E-state index in [0.29, 0.717) is 12.1 Å². The van der Waals surface area contributed by atoms with Crippen LogP contribution in [-0.2, 0) is 9.59 Å². The largest absolute Gasteiger partial charge is 0.507 e. The maximum Gasteiger partial charge on any atom is 0.295 e. The van der Waals surface area contributed by atoms with E-state index in [4.69, 9.17) is 0 Å². The summed E-state index contributed by atoms with van der Waals surface area (Å²) in [6.07, 6.45) is 4.94. The Morgan fingerprint density at radius 1 is 1.03 bits per heavy atom. The number of unbranched alkanes of at least 4 members (excludes halogenated alkanes) is 1. The first-order chi connectivity index (χ1) is 14.1. The molecular weight excluding hydrogens is 364 g/mol. The van der Waals surface area contributed by atoms with Crippen molar-refractivity contribution in [3.63, 3.8) is 0 Å². The van der Waals surface area contributed by atoms with E-state index in [9.17, 15) is 14.7 Å². The average Bonchev–Trinajstić information content (AvgIpc) is 3.02. The summed E-state index contributed by atoms with van der Waals surface area (Å²) in [5, 5.41) is 13.1. The number of amides is 1. The maximum atomic E-state index is 12.9. The number of ketones is 1. The third kappa shape index (κ3) is 3.40. The van der Waals surface area contributed by atoms with Crippen LogP contribution in [0.2, 0.25) is 0 Å². The summed E-state index contributed by atoms with van der Waals surface area (Å²) in [4.78, 5) is 31.3. The molecule has 146 valence electrons. The van der Waals surface area contributed by atoms with Crippen molar-refractivity contribution in [3.05, 3.63) is 83.7 Å². The van der Waals surface area contributed by atoms with Gasteiger partial charge in [-0.05, 0) is 41.0 Å². The summed E-state index contributed by atoms with van der Waals surface area (Å²) >= 11 is 0. The number of aromatic nitrogens is 1. The van der Waals surface area contributed by atoms with Crippen LogP contribution in [0.25, 0.3) is 16.5 Å². The number of nitrogens with zero attached hydrogens (tertiary/aromatic N) is 2. The van der Waals surface area contributed by atoms with Gasteiger partial charge in [0.1, 0.15) is 5.76 Å². The number of carbonyl (C=O) groups is 2. The molecule has 1 aromatic heterocycles. The third-order valence-corrected chi connectivity index (χ3v) is 5.34. The van der Waals surface area contributed by atoms with E-state index in [0.717, 1.165) is 29.2 Å². The molecule has 1 saturated heterocycles. The van der Waals surface area contributed by atoms with Crippen molar-refractivity contribution in [3.8, 4) is 0 Å². The van der Waals surface area contributed by atoms with Gasteiger partial charge in [-0.25, -0.2) is 0 Å². The highest BCUT2D eigenvalue weighted by Crippen LogP contribution is 2.39. The van der Waals surface area contributed by atoms with E-state index in [2.05, 4.69) is 4.98 Å². The number of pyridine rings is 1. The highest BCUT2D eigenvalue weighted by atomic mass is 16.3. The van der Waals surface area contributed by atoms with Crippen LogP contribution in [0.5, 0.6) is 0 Å². The summed E-state index contributed by atoms with van der Waals surface area (Å²) in [5.74, 6) is -1.36. The van der Waals surface area contributed by atoms with Crippen LogP contribution in [-0.4, -0.2) is 33.2 Å². The lowest BCUT2D eigenvalue weighted by atomic mass is 9.95. The maximum absolute atomic E-state index is 12.9. The standard InChI is InChI=1S/C24H22N2O3/c1-2-3-14-26-21(17-10-12-25-13-11-17)20(23(28)24(26)29)22(27)19-9-8-16-6-4-5-7-18(16)15-19/h4-13,15,21,27H,2-3,14H2,1H3/b22-20-. The molecule has 1 aliphatic heterocycles. The van der Waals surface area contributed by atoms with Gasteiger partial charge >= 0.3 is 0 Å². The monoisotopic (exact) mass is 386 g/mol. The van der Waals surface area contributed by atoms with Crippen LogP contribution in [0.1, 0.15) is 36.9 Å². The Kier molecular flexibility index (Phi) is 5.12. The molecule has 0 bridgehead atoms. The summed E-state index contributed by atoms with van der Waals surface area (Å²) in [6.45, 7) is 2.50. The number of Topliss-reactive ketones (excluding diaryl/α,β-unsaturated/α-hetero) is 1. The molecule has 0 radical (unpaired) electrons. The number of aliphatic hydroxyl groups is 1. The van der Waals surface area contributed by atoms with Crippen molar-refractivity contribution in [2.24, 2.45) is 0 Å². The SMILES string of the molecule is CCCCN1C(=O)C(=O)/C(=C(\O)c2ccc3ccccc3c2)C1c1ccncc1. The predicted molar refractivity (Wildman–Crippen MR) is 112 cm³/mol. The molecule has 0 aliphatic carbocycles. The van der Waals surface area contributed by atoms with Crippen molar-refractivity contribution in [1.29, 1.82) is 0 Å². The molecule has 0 spiro atoms. The topological polar surface area (TPSA) is 70.5 Å². The molecule has 0 saturated carbocycles. The van der Waals surface area contributed by atoms with Gasteiger partial charge in [-0.2, -0.15) is 0 Å². The number of hydrogen-bond donors (Lipinski definition) is 1. The average molecular weight is 386 g/mol. The second-order valence-electron chi connectivity index (χ2n) is 7.19. The van der Waals surface area contributed by atoms with E-state index >= 15 is 0 Å². The van der Waals surface area contributed by atoms with E-state index in [1.165, 1.54) is 0 Å². The summed E-state index contributed by atoms with van der Waals surface area (Å²) in [7, 11) is 0. The van der Waals surface area contributed by atoms with Crippen LogP contribution in [0.15, 0.2) is 72.6 Å². The van der Waals surface area contributed by atoms with Crippen molar-refractivity contribution >= 4 is 28.2 Å². The lowest BCUT2D eigenvalue weighted by molar-refractivity contribution is -0.139. The van der Waals surface area contributed by atoms with E-state index in [1.807, 2.05) is 43.3 Å². The van der Waals surface area contributed by atoms with Gasteiger partial charge in [0.05, 0.1) is 11.6 Å². The van der Waals surface area contributed by atoms with Gasteiger partial charge in [0.25, 0.3) is 11.7 Å². The Morgan fingerprint density at radius 2 is 1.76 bits per heavy atom. The molecule has 3 aromatic rings. The zero-order chi connectivity index (χ0) is 20.4. The Labute approximate surface area is 169 Å².